The van der Waals surface area contributed by atoms with Crippen LogP contribution < -0.4 is 5.32 Å². The zero-order valence-corrected chi connectivity index (χ0v) is 20.6. The van der Waals surface area contributed by atoms with Crippen LogP contribution in [0.3, 0.4) is 0 Å². The maximum absolute atomic E-state index is 12.8. The van der Waals surface area contributed by atoms with Crippen molar-refractivity contribution in [2.75, 3.05) is 6.61 Å². The van der Waals surface area contributed by atoms with Gasteiger partial charge in [0.05, 0.1) is 13.0 Å². The number of rotatable bonds is 11. The maximum Gasteiger partial charge on any atom is 0.307 e. The van der Waals surface area contributed by atoms with Crippen LogP contribution in [0.4, 0.5) is 0 Å². The summed E-state index contributed by atoms with van der Waals surface area (Å²) in [4.78, 5) is 24.9. The highest BCUT2D eigenvalue weighted by atomic mass is 35.5. The molecule has 0 spiro atoms. The molecule has 0 aromatic heterocycles. The van der Waals surface area contributed by atoms with Crippen molar-refractivity contribution >= 4 is 23.5 Å². The number of benzene rings is 3. The van der Waals surface area contributed by atoms with E-state index in [0.29, 0.717) is 30.9 Å². The molecule has 3 aromatic rings. The molecular weight excluding hydrogens is 446 g/mol. The van der Waals surface area contributed by atoms with E-state index in [0.717, 1.165) is 23.1 Å². The van der Waals surface area contributed by atoms with Gasteiger partial charge in [0.1, 0.15) is 0 Å². The van der Waals surface area contributed by atoms with Crippen molar-refractivity contribution in [3.8, 4) is 11.1 Å². The average molecular weight is 478 g/mol. The highest BCUT2D eigenvalue weighted by molar-refractivity contribution is 6.30. The fourth-order valence-electron chi connectivity index (χ4n) is 4.08. The number of aryl methyl sites for hydroxylation is 2. The molecule has 3 aromatic carbocycles. The number of nitrogens with one attached hydrogen (secondary N) is 1. The first kappa shape index (κ1) is 25.5. The molecule has 4 nitrogen and oxygen atoms in total. The van der Waals surface area contributed by atoms with Gasteiger partial charge in [0, 0.05) is 17.5 Å². The van der Waals surface area contributed by atoms with Gasteiger partial charge in [-0.2, -0.15) is 0 Å². The number of carbonyl (C=O) groups excluding carboxylic acids is 2. The minimum absolute atomic E-state index is 0.0595. The zero-order valence-electron chi connectivity index (χ0n) is 19.9. The van der Waals surface area contributed by atoms with Crippen LogP contribution in [-0.2, 0) is 33.6 Å². The molecule has 0 bridgehead atoms. The molecule has 178 valence electrons. The van der Waals surface area contributed by atoms with Gasteiger partial charge in [0.25, 0.3) is 0 Å². The number of halogens is 1. The molecule has 0 radical (unpaired) electrons. The van der Waals surface area contributed by atoms with Crippen LogP contribution in [0.25, 0.3) is 11.1 Å². The largest absolute Gasteiger partial charge is 0.466 e. The van der Waals surface area contributed by atoms with Crippen LogP contribution in [0.5, 0.6) is 0 Å². The number of hydrogen-bond acceptors (Lipinski definition) is 3. The second-order valence-electron chi connectivity index (χ2n) is 8.31. The molecule has 0 aliphatic heterocycles. The first-order chi connectivity index (χ1) is 16.5. The summed E-state index contributed by atoms with van der Waals surface area (Å²) < 4.78 is 5.14. The van der Waals surface area contributed by atoms with E-state index in [1.165, 1.54) is 11.1 Å². The summed E-state index contributed by atoms with van der Waals surface area (Å²) in [6.45, 7) is 4.22. The molecule has 3 rings (SSSR count). The summed E-state index contributed by atoms with van der Waals surface area (Å²) in [7, 11) is 0. The minimum Gasteiger partial charge on any atom is -0.466 e. The third kappa shape index (κ3) is 7.74. The van der Waals surface area contributed by atoms with Crippen LogP contribution in [0.15, 0.2) is 72.8 Å². The highest BCUT2D eigenvalue weighted by Crippen LogP contribution is 2.23. The van der Waals surface area contributed by atoms with E-state index in [9.17, 15) is 9.59 Å². The topological polar surface area (TPSA) is 55.4 Å². The van der Waals surface area contributed by atoms with Gasteiger partial charge in [-0.25, -0.2) is 0 Å². The molecule has 0 fully saturated rings. The van der Waals surface area contributed by atoms with Crippen molar-refractivity contribution in [1.29, 1.82) is 0 Å². The Kier molecular flexibility index (Phi) is 9.72. The molecule has 5 heteroatoms. The summed E-state index contributed by atoms with van der Waals surface area (Å²) in [5.41, 5.74) is 5.60. The van der Waals surface area contributed by atoms with E-state index in [2.05, 4.69) is 24.4 Å². The highest BCUT2D eigenvalue weighted by Gasteiger charge is 2.18. The maximum atomic E-state index is 12.8. The normalized spacial score (nSPS) is 11.6. The lowest BCUT2D eigenvalue weighted by atomic mass is 9.98. The van der Waals surface area contributed by atoms with Crippen LogP contribution in [0, 0.1) is 0 Å². The van der Waals surface area contributed by atoms with E-state index in [1.54, 1.807) is 6.92 Å². The van der Waals surface area contributed by atoms with Gasteiger partial charge in [-0.05, 0) is 66.1 Å². The van der Waals surface area contributed by atoms with Crippen molar-refractivity contribution in [2.24, 2.45) is 0 Å². The van der Waals surface area contributed by atoms with Crippen molar-refractivity contribution in [3.63, 3.8) is 0 Å². The molecule has 0 aliphatic carbocycles. The summed E-state index contributed by atoms with van der Waals surface area (Å²) >= 11 is 6.12. The van der Waals surface area contributed by atoms with Crippen LogP contribution in [0.1, 0.15) is 43.4 Å². The van der Waals surface area contributed by atoms with Crippen LogP contribution >= 0.6 is 11.6 Å². The number of amides is 1. The van der Waals surface area contributed by atoms with Crippen LogP contribution in [-0.4, -0.2) is 24.5 Å². The number of hydrogen-bond donors (Lipinski definition) is 1. The number of esters is 1. The number of carbonyl (C=O) groups is 2. The Morgan fingerprint density at radius 1 is 0.912 bits per heavy atom. The summed E-state index contributed by atoms with van der Waals surface area (Å²) in [5.74, 6) is -0.365. The molecule has 1 amide bonds. The number of ether oxygens (including phenoxy) is 1. The first-order valence-electron chi connectivity index (χ1n) is 11.8. The smallest absolute Gasteiger partial charge is 0.307 e. The molecule has 0 aliphatic rings. The molecule has 1 atom stereocenters. The standard InChI is InChI=1S/C29H32ClNO3/c1-3-22-8-5-6-9-23(22)16-17-28(32)31-27(20-29(33)34-4-2)18-21-12-14-24(15-13-21)25-10-7-11-26(30)19-25/h5-15,19,27H,3-4,16-18,20H2,1-2H3,(H,31,32). The quantitative estimate of drug-likeness (QED) is 0.335. The van der Waals surface area contributed by atoms with E-state index >= 15 is 0 Å². The summed E-state index contributed by atoms with van der Waals surface area (Å²) in [6.07, 6.45) is 2.68. The second kappa shape index (κ2) is 13.0. The molecule has 34 heavy (non-hydrogen) atoms. The average Bonchev–Trinajstić information content (AvgIpc) is 2.83. The molecular formula is C29H32ClNO3. The predicted molar refractivity (Wildman–Crippen MR) is 138 cm³/mol. The first-order valence-corrected chi connectivity index (χ1v) is 12.2. The minimum atomic E-state index is -0.329. The Morgan fingerprint density at radius 2 is 1.65 bits per heavy atom. The lowest BCUT2D eigenvalue weighted by Crippen LogP contribution is -2.38. The monoisotopic (exact) mass is 477 g/mol. The van der Waals surface area contributed by atoms with Crippen LogP contribution in [0.2, 0.25) is 5.02 Å². The lowest BCUT2D eigenvalue weighted by molar-refractivity contribution is -0.143. The lowest BCUT2D eigenvalue weighted by Gasteiger charge is -2.19. The Morgan fingerprint density at radius 3 is 2.32 bits per heavy atom. The fourth-order valence-corrected chi connectivity index (χ4v) is 4.27. The molecule has 0 heterocycles. The van der Waals surface area contributed by atoms with Crippen molar-refractivity contribution in [3.05, 3.63) is 94.5 Å². The molecule has 1 N–H and O–H groups in total. The van der Waals surface area contributed by atoms with E-state index in [-0.39, 0.29) is 24.3 Å². The predicted octanol–water partition coefficient (Wildman–Crippen LogP) is 6.18. The zero-order chi connectivity index (χ0) is 24.3. The van der Waals surface area contributed by atoms with Gasteiger partial charge in [-0.15, -0.1) is 0 Å². The van der Waals surface area contributed by atoms with Crippen molar-refractivity contribution < 1.29 is 14.3 Å². The van der Waals surface area contributed by atoms with Gasteiger partial charge in [0.2, 0.25) is 5.91 Å². The third-order valence-corrected chi connectivity index (χ3v) is 6.03. The third-order valence-electron chi connectivity index (χ3n) is 5.80. The van der Waals surface area contributed by atoms with E-state index in [1.807, 2.05) is 60.7 Å². The Balaban J connectivity index is 1.65. The molecule has 0 saturated heterocycles. The Bertz CT molecular complexity index is 1090. The van der Waals surface area contributed by atoms with Gasteiger partial charge >= 0.3 is 5.97 Å². The van der Waals surface area contributed by atoms with Gasteiger partial charge in [-0.1, -0.05) is 79.2 Å². The fraction of sp³-hybridized carbons (Fsp3) is 0.310. The Hall–Kier alpha value is -3.11. The SMILES string of the molecule is CCOC(=O)CC(Cc1ccc(-c2cccc(Cl)c2)cc1)NC(=O)CCc1ccccc1CC. The van der Waals surface area contributed by atoms with E-state index in [4.69, 9.17) is 16.3 Å². The summed E-state index contributed by atoms with van der Waals surface area (Å²) in [6, 6.07) is 23.7. The molecule has 0 saturated carbocycles. The van der Waals surface area contributed by atoms with Crippen molar-refractivity contribution in [1.82, 2.24) is 5.32 Å². The van der Waals surface area contributed by atoms with Gasteiger partial charge < -0.3 is 10.1 Å². The van der Waals surface area contributed by atoms with Crippen molar-refractivity contribution in [2.45, 2.75) is 52.0 Å². The van der Waals surface area contributed by atoms with E-state index < -0.39 is 0 Å². The van der Waals surface area contributed by atoms with Gasteiger partial charge in [-0.3, -0.25) is 9.59 Å². The second-order valence-corrected chi connectivity index (χ2v) is 8.74. The molecule has 1 unspecified atom stereocenters. The Labute approximate surface area is 207 Å². The van der Waals surface area contributed by atoms with Gasteiger partial charge in [0.15, 0.2) is 0 Å². The summed E-state index contributed by atoms with van der Waals surface area (Å²) in [5, 5.41) is 3.75.